The zero-order valence-electron chi connectivity index (χ0n) is 16.7. The molecule has 0 fully saturated rings. The van der Waals surface area contributed by atoms with Gasteiger partial charge in [-0.2, -0.15) is 4.31 Å². The summed E-state index contributed by atoms with van der Waals surface area (Å²) < 4.78 is 31.3. The minimum atomic E-state index is -4.33. The lowest BCUT2D eigenvalue weighted by Gasteiger charge is -2.21. The molecule has 0 aromatic heterocycles. The van der Waals surface area contributed by atoms with Gasteiger partial charge in [0.1, 0.15) is 4.90 Å². The summed E-state index contributed by atoms with van der Waals surface area (Å²) >= 11 is 0. The molecule has 2 aromatic rings. The molecular weight excluding hydrogens is 424 g/mol. The Labute approximate surface area is 178 Å². The fourth-order valence-electron chi connectivity index (χ4n) is 2.89. The number of benzene rings is 2. The fourth-order valence-corrected chi connectivity index (χ4v) is 4.54. The second-order valence-electron chi connectivity index (χ2n) is 6.33. The van der Waals surface area contributed by atoms with Crippen LogP contribution in [0.5, 0.6) is 0 Å². The molecule has 1 aliphatic rings. The smallest absolute Gasteiger partial charge is 0.358 e. The van der Waals surface area contributed by atoms with E-state index >= 15 is 0 Å². The number of hydrazine groups is 1. The SMILES string of the molecule is CCOC(=O)/C(=C(/C)NNC(=O)Nc1ccccc1)N1C(=O)c2ccccc2S1(=O)=O. The van der Waals surface area contributed by atoms with Crippen LogP contribution >= 0.6 is 0 Å². The van der Waals surface area contributed by atoms with Gasteiger partial charge in [0.05, 0.1) is 17.9 Å². The molecule has 2 aromatic carbocycles. The second-order valence-corrected chi connectivity index (χ2v) is 8.09. The third-order valence-electron chi connectivity index (χ3n) is 4.24. The van der Waals surface area contributed by atoms with Gasteiger partial charge in [-0.05, 0) is 38.1 Å². The highest BCUT2D eigenvalue weighted by atomic mass is 32.2. The Hall–Kier alpha value is -3.86. The number of rotatable bonds is 6. The number of amides is 3. The molecule has 1 heterocycles. The maximum atomic E-state index is 13.0. The summed E-state index contributed by atoms with van der Waals surface area (Å²) in [5.41, 5.74) is 4.55. The van der Waals surface area contributed by atoms with Crippen LogP contribution in [0.4, 0.5) is 10.5 Å². The number of fused-ring (bicyclic) bond motifs is 1. The van der Waals surface area contributed by atoms with Gasteiger partial charge in [0.2, 0.25) is 0 Å². The van der Waals surface area contributed by atoms with Gasteiger partial charge in [0.15, 0.2) is 5.70 Å². The highest BCUT2D eigenvalue weighted by Crippen LogP contribution is 2.34. The summed E-state index contributed by atoms with van der Waals surface area (Å²) in [5.74, 6) is -1.93. The lowest BCUT2D eigenvalue weighted by molar-refractivity contribution is -0.139. The Morgan fingerprint density at radius 3 is 2.29 bits per heavy atom. The molecule has 0 unspecified atom stereocenters. The number of ether oxygens (including phenoxy) is 1. The number of carbonyl (C=O) groups is 3. The van der Waals surface area contributed by atoms with Crippen LogP contribution in [0.15, 0.2) is 70.9 Å². The van der Waals surface area contributed by atoms with Crippen molar-refractivity contribution in [3.05, 3.63) is 71.6 Å². The van der Waals surface area contributed by atoms with E-state index in [4.69, 9.17) is 4.74 Å². The Balaban J connectivity index is 1.90. The van der Waals surface area contributed by atoms with E-state index in [0.717, 1.165) is 0 Å². The van der Waals surface area contributed by atoms with Gasteiger partial charge in [-0.3, -0.25) is 15.6 Å². The van der Waals surface area contributed by atoms with E-state index in [2.05, 4.69) is 16.2 Å². The van der Waals surface area contributed by atoms with E-state index in [0.29, 0.717) is 9.99 Å². The first-order valence-electron chi connectivity index (χ1n) is 9.22. The molecular formula is C20H20N4O6S. The monoisotopic (exact) mass is 444 g/mol. The standard InChI is InChI=1S/C20H20N4O6S/c1-3-30-19(26)17(13(2)22-23-20(27)21-14-9-5-4-6-10-14)24-18(25)15-11-7-8-12-16(15)31(24,28)29/h4-12,22H,3H2,1-2H3,(H2,21,23,27)/b17-13+. The Morgan fingerprint density at radius 2 is 1.65 bits per heavy atom. The Kier molecular flexibility index (Phi) is 6.25. The van der Waals surface area contributed by atoms with Crippen molar-refractivity contribution < 1.29 is 27.5 Å². The van der Waals surface area contributed by atoms with Crippen LogP contribution in [-0.4, -0.2) is 37.2 Å². The molecule has 3 rings (SSSR count). The van der Waals surface area contributed by atoms with E-state index in [1.54, 1.807) is 37.3 Å². The van der Waals surface area contributed by atoms with Gasteiger partial charge in [-0.15, -0.1) is 0 Å². The number of anilines is 1. The van der Waals surface area contributed by atoms with Crippen LogP contribution in [0, 0.1) is 0 Å². The first kappa shape index (κ1) is 21.8. The molecule has 10 nitrogen and oxygen atoms in total. The number of urea groups is 1. The molecule has 0 saturated carbocycles. The molecule has 0 aliphatic carbocycles. The van der Waals surface area contributed by atoms with Crippen LogP contribution in [0.1, 0.15) is 24.2 Å². The molecule has 11 heteroatoms. The number of allylic oxidation sites excluding steroid dienone is 1. The number of hydrogen-bond acceptors (Lipinski definition) is 7. The molecule has 0 bridgehead atoms. The van der Waals surface area contributed by atoms with Crippen LogP contribution < -0.4 is 16.2 Å². The van der Waals surface area contributed by atoms with Crippen LogP contribution in [0.25, 0.3) is 0 Å². The third kappa shape index (κ3) is 4.36. The van der Waals surface area contributed by atoms with Crippen molar-refractivity contribution in [2.24, 2.45) is 0 Å². The number of nitrogens with one attached hydrogen (secondary N) is 3. The largest absolute Gasteiger partial charge is 0.461 e. The summed E-state index contributed by atoms with van der Waals surface area (Å²) in [6.07, 6.45) is 0. The van der Waals surface area contributed by atoms with Crippen molar-refractivity contribution in [2.45, 2.75) is 18.7 Å². The number of esters is 1. The number of para-hydroxylation sites is 1. The first-order chi connectivity index (χ1) is 14.8. The van der Waals surface area contributed by atoms with E-state index in [9.17, 15) is 22.8 Å². The highest BCUT2D eigenvalue weighted by Gasteiger charge is 2.46. The molecule has 3 amide bonds. The second kappa shape index (κ2) is 8.88. The van der Waals surface area contributed by atoms with Gasteiger partial charge in [0, 0.05) is 5.69 Å². The molecule has 31 heavy (non-hydrogen) atoms. The van der Waals surface area contributed by atoms with E-state index in [1.165, 1.54) is 31.2 Å². The average Bonchev–Trinajstić information content (AvgIpc) is 2.94. The van der Waals surface area contributed by atoms with Gasteiger partial charge in [0.25, 0.3) is 15.9 Å². The van der Waals surface area contributed by atoms with Crippen LogP contribution in [-0.2, 0) is 19.6 Å². The van der Waals surface area contributed by atoms with E-state index < -0.39 is 33.6 Å². The highest BCUT2D eigenvalue weighted by molar-refractivity contribution is 7.90. The molecule has 1 aliphatic heterocycles. The maximum absolute atomic E-state index is 13.0. The van der Waals surface area contributed by atoms with Crippen LogP contribution in [0.2, 0.25) is 0 Å². The molecule has 0 radical (unpaired) electrons. The van der Waals surface area contributed by atoms with Gasteiger partial charge >= 0.3 is 12.0 Å². The fraction of sp³-hybridized carbons (Fsp3) is 0.150. The number of hydrogen-bond donors (Lipinski definition) is 3. The average molecular weight is 444 g/mol. The first-order valence-corrected chi connectivity index (χ1v) is 10.7. The minimum Gasteiger partial charge on any atom is -0.461 e. The quantitative estimate of drug-likeness (QED) is 0.352. The lowest BCUT2D eigenvalue weighted by Crippen LogP contribution is -2.43. The minimum absolute atomic E-state index is 0.0490. The lowest BCUT2D eigenvalue weighted by atomic mass is 10.2. The van der Waals surface area contributed by atoms with Crippen molar-refractivity contribution >= 4 is 33.6 Å². The van der Waals surface area contributed by atoms with Crippen molar-refractivity contribution in [2.75, 3.05) is 11.9 Å². The summed E-state index contributed by atoms with van der Waals surface area (Å²) in [6.45, 7) is 2.83. The summed E-state index contributed by atoms with van der Waals surface area (Å²) in [7, 11) is -4.33. The van der Waals surface area contributed by atoms with Crippen LogP contribution in [0.3, 0.4) is 0 Å². The summed E-state index contributed by atoms with van der Waals surface area (Å²) in [5, 5.41) is 2.55. The normalized spacial score (nSPS) is 14.9. The van der Waals surface area contributed by atoms with E-state index in [1.807, 2.05) is 0 Å². The van der Waals surface area contributed by atoms with Crippen molar-refractivity contribution in [3.8, 4) is 0 Å². The number of carbonyl (C=O) groups excluding carboxylic acids is 3. The van der Waals surface area contributed by atoms with Gasteiger partial charge in [-0.1, -0.05) is 30.3 Å². The molecule has 3 N–H and O–H groups in total. The van der Waals surface area contributed by atoms with Crippen molar-refractivity contribution in [1.29, 1.82) is 0 Å². The summed E-state index contributed by atoms with van der Waals surface area (Å²) in [6, 6.07) is 13.5. The molecule has 0 saturated heterocycles. The summed E-state index contributed by atoms with van der Waals surface area (Å²) in [4.78, 5) is 37.3. The maximum Gasteiger partial charge on any atom is 0.358 e. The van der Waals surface area contributed by atoms with Gasteiger partial charge in [-0.25, -0.2) is 18.0 Å². The molecule has 162 valence electrons. The molecule has 0 atom stereocenters. The predicted octanol–water partition coefficient (Wildman–Crippen LogP) is 1.95. The Morgan fingerprint density at radius 1 is 1.00 bits per heavy atom. The number of nitrogens with zero attached hydrogens (tertiary/aromatic N) is 1. The topological polar surface area (TPSA) is 134 Å². The third-order valence-corrected chi connectivity index (χ3v) is 5.98. The van der Waals surface area contributed by atoms with Crippen molar-refractivity contribution in [3.63, 3.8) is 0 Å². The zero-order chi connectivity index (χ0) is 22.6. The van der Waals surface area contributed by atoms with E-state index in [-0.39, 0.29) is 22.8 Å². The predicted molar refractivity (Wildman–Crippen MR) is 111 cm³/mol. The number of sulfonamides is 1. The molecule has 0 spiro atoms. The van der Waals surface area contributed by atoms with Gasteiger partial charge < -0.3 is 10.1 Å². The van der Waals surface area contributed by atoms with Crippen molar-refractivity contribution in [1.82, 2.24) is 15.2 Å². The Bertz CT molecular complexity index is 1160. The zero-order valence-corrected chi connectivity index (χ0v) is 17.5.